The number of rotatable bonds is 4. The smallest absolute Gasteiger partial charge is 0.147 e. The molecular formula is C18H24N2O. The molecule has 0 bridgehead atoms. The highest BCUT2D eigenvalue weighted by molar-refractivity contribution is 5.53. The van der Waals surface area contributed by atoms with E-state index in [-0.39, 0.29) is 0 Å². The summed E-state index contributed by atoms with van der Waals surface area (Å²) in [4.78, 5) is 2.33. The van der Waals surface area contributed by atoms with E-state index in [4.69, 9.17) is 4.52 Å². The third kappa shape index (κ3) is 2.57. The lowest BCUT2D eigenvalue weighted by atomic mass is 9.76. The molecule has 2 unspecified atom stereocenters. The van der Waals surface area contributed by atoms with Crippen LogP contribution in [0, 0.1) is 5.92 Å². The summed E-state index contributed by atoms with van der Waals surface area (Å²) in [6.45, 7) is 8.65. The first-order valence-corrected chi connectivity index (χ1v) is 8.01. The second-order valence-electron chi connectivity index (χ2n) is 6.05. The minimum Gasteiger partial charge on any atom is -0.368 e. The van der Waals surface area contributed by atoms with Crippen molar-refractivity contribution in [1.29, 1.82) is 0 Å². The predicted molar refractivity (Wildman–Crippen MR) is 85.8 cm³/mol. The van der Waals surface area contributed by atoms with Gasteiger partial charge in [0.25, 0.3) is 0 Å². The molecule has 0 N–H and O–H groups in total. The highest BCUT2D eigenvalue weighted by Crippen LogP contribution is 2.41. The van der Waals surface area contributed by atoms with Gasteiger partial charge in [-0.05, 0) is 43.7 Å². The Bertz CT molecular complexity index is 601. The second-order valence-corrected chi connectivity index (χ2v) is 6.05. The minimum absolute atomic E-state index is 0.360. The summed E-state index contributed by atoms with van der Waals surface area (Å²) in [7, 11) is 0. The molecule has 0 saturated heterocycles. The zero-order valence-corrected chi connectivity index (χ0v) is 13.2. The average molecular weight is 284 g/mol. The fourth-order valence-corrected chi connectivity index (χ4v) is 3.59. The van der Waals surface area contributed by atoms with Gasteiger partial charge in [0.2, 0.25) is 0 Å². The van der Waals surface area contributed by atoms with Crippen molar-refractivity contribution < 1.29 is 4.52 Å². The van der Waals surface area contributed by atoms with Crippen molar-refractivity contribution in [1.82, 2.24) is 5.16 Å². The largest absolute Gasteiger partial charge is 0.368 e. The monoisotopic (exact) mass is 284 g/mol. The first-order valence-electron chi connectivity index (χ1n) is 8.01. The molecule has 1 aliphatic rings. The molecule has 3 heteroatoms. The third-order valence-corrected chi connectivity index (χ3v) is 4.65. The predicted octanol–water partition coefficient (Wildman–Crippen LogP) is 4.24. The zero-order chi connectivity index (χ0) is 14.8. The number of hydrogen-bond donors (Lipinski definition) is 0. The van der Waals surface area contributed by atoms with E-state index in [1.807, 2.05) is 6.26 Å². The van der Waals surface area contributed by atoms with E-state index in [2.05, 4.69) is 55.1 Å². The average Bonchev–Trinajstić information content (AvgIpc) is 2.97. The Labute approximate surface area is 126 Å². The number of anilines is 1. The Morgan fingerprint density at radius 3 is 2.76 bits per heavy atom. The summed E-state index contributed by atoms with van der Waals surface area (Å²) in [6.07, 6.45) is 4.13. The molecular weight excluding hydrogens is 260 g/mol. The molecule has 0 fully saturated rings. The minimum atomic E-state index is 0.360. The van der Waals surface area contributed by atoms with Crippen LogP contribution in [0.25, 0.3) is 0 Å². The number of nitrogens with zero attached hydrogens (tertiary/aromatic N) is 2. The van der Waals surface area contributed by atoms with Gasteiger partial charge >= 0.3 is 0 Å². The van der Waals surface area contributed by atoms with Gasteiger partial charge < -0.3 is 9.42 Å². The summed E-state index contributed by atoms with van der Waals surface area (Å²) in [5.74, 6) is 1.05. The molecule has 2 atom stereocenters. The molecule has 1 aromatic heterocycles. The molecule has 1 heterocycles. The van der Waals surface area contributed by atoms with Gasteiger partial charge in [-0.15, -0.1) is 0 Å². The van der Waals surface area contributed by atoms with Crippen LogP contribution in [-0.4, -0.2) is 18.2 Å². The Morgan fingerprint density at radius 2 is 2.00 bits per heavy atom. The molecule has 0 amide bonds. The van der Waals surface area contributed by atoms with E-state index >= 15 is 0 Å². The lowest BCUT2D eigenvalue weighted by Gasteiger charge is -2.30. The van der Waals surface area contributed by atoms with Crippen LogP contribution in [0.2, 0.25) is 0 Å². The van der Waals surface area contributed by atoms with Crippen LogP contribution in [0.3, 0.4) is 0 Å². The van der Waals surface area contributed by atoms with Crippen molar-refractivity contribution in [2.45, 2.75) is 39.5 Å². The number of fused-ring (bicyclic) bond motifs is 1. The Kier molecular flexibility index (Phi) is 4.00. The van der Waals surface area contributed by atoms with Gasteiger partial charge in [0.1, 0.15) is 17.6 Å². The van der Waals surface area contributed by atoms with Crippen LogP contribution < -0.4 is 4.90 Å². The summed E-state index contributed by atoms with van der Waals surface area (Å²) in [5, 5.41) is 4.37. The molecule has 3 nitrogen and oxygen atoms in total. The van der Waals surface area contributed by atoms with Gasteiger partial charge in [0, 0.05) is 19.0 Å². The van der Waals surface area contributed by atoms with Crippen molar-refractivity contribution in [2.75, 3.05) is 18.0 Å². The van der Waals surface area contributed by atoms with E-state index in [9.17, 15) is 0 Å². The maximum Gasteiger partial charge on any atom is 0.147 e. The van der Waals surface area contributed by atoms with Crippen molar-refractivity contribution in [3.8, 4) is 0 Å². The molecule has 1 aliphatic carbocycles. The van der Waals surface area contributed by atoms with Crippen LogP contribution in [0.15, 0.2) is 35.1 Å². The van der Waals surface area contributed by atoms with Crippen molar-refractivity contribution in [3.63, 3.8) is 0 Å². The SMILES string of the molecule is CCN(CC)c1conc1C1CC(C)Cc2ccccc21. The van der Waals surface area contributed by atoms with E-state index < -0.39 is 0 Å². The van der Waals surface area contributed by atoms with Crippen LogP contribution in [0.4, 0.5) is 5.69 Å². The first-order chi connectivity index (χ1) is 10.2. The van der Waals surface area contributed by atoms with E-state index in [0.717, 1.165) is 30.9 Å². The number of benzene rings is 1. The molecule has 0 radical (unpaired) electrons. The van der Waals surface area contributed by atoms with Crippen molar-refractivity contribution in [3.05, 3.63) is 47.3 Å². The second kappa shape index (κ2) is 5.92. The van der Waals surface area contributed by atoms with Crippen LogP contribution in [0.1, 0.15) is 49.9 Å². The molecule has 1 aromatic carbocycles. The van der Waals surface area contributed by atoms with Crippen LogP contribution in [0.5, 0.6) is 0 Å². The summed E-state index contributed by atoms with van der Waals surface area (Å²) in [6, 6.07) is 8.79. The zero-order valence-electron chi connectivity index (χ0n) is 13.2. The van der Waals surface area contributed by atoms with E-state index in [1.54, 1.807) is 0 Å². The van der Waals surface area contributed by atoms with Crippen molar-refractivity contribution in [2.24, 2.45) is 5.92 Å². The van der Waals surface area contributed by atoms with Gasteiger partial charge in [-0.3, -0.25) is 0 Å². The fourth-order valence-electron chi connectivity index (χ4n) is 3.59. The summed E-state index contributed by atoms with van der Waals surface area (Å²) in [5.41, 5.74) is 5.17. The maximum absolute atomic E-state index is 5.34. The fraction of sp³-hybridized carbons (Fsp3) is 0.500. The molecule has 0 aliphatic heterocycles. The molecule has 21 heavy (non-hydrogen) atoms. The van der Waals surface area contributed by atoms with E-state index in [0.29, 0.717) is 11.8 Å². The topological polar surface area (TPSA) is 29.3 Å². The summed E-state index contributed by atoms with van der Waals surface area (Å²) < 4.78 is 5.34. The van der Waals surface area contributed by atoms with Crippen LogP contribution >= 0.6 is 0 Å². The molecule has 0 saturated carbocycles. The van der Waals surface area contributed by atoms with E-state index in [1.165, 1.54) is 17.5 Å². The number of hydrogen-bond acceptors (Lipinski definition) is 3. The Hall–Kier alpha value is -1.77. The lowest BCUT2D eigenvalue weighted by molar-refractivity contribution is 0.393. The molecule has 0 spiro atoms. The summed E-state index contributed by atoms with van der Waals surface area (Å²) >= 11 is 0. The quantitative estimate of drug-likeness (QED) is 0.841. The van der Waals surface area contributed by atoms with Crippen LogP contribution in [-0.2, 0) is 6.42 Å². The number of aromatic nitrogens is 1. The highest BCUT2D eigenvalue weighted by Gasteiger charge is 2.30. The van der Waals surface area contributed by atoms with Crippen molar-refractivity contribution >= 4 is 5.69 Å². The third-order valence-electron chi connectivity index (χ3n) is 4.65. The standard InChI is InChI=1S/C18H24N2O/c1-4-20(5-2)17-12-21-19-18(17)16-11-13(3)10-14-8-6-7-9-15(14)16/h6-9,12-13,16H,4-5,10-11H2,1-3H3. The van der Waals surface area contributed by atoms with Gasteiger partial charge in [-0.25, -0.2) is 0 Å². The molecule has 112 valence electrons. The van der Waals surface area contributed by atoms with Gasteiger partial charge in [0.05, 0.1) is 0 Å². The molecule has 2 aromatic rings. The lowest BCUT2D eigenvalue weighted by Crippen LogP contribution is -2.25. The van der Waals surface area contributed by atoms with Gasteiger partial charge in [-0.1, -0.05) is 36.3 Å². The van der Waals surface area contributed by atoms with Gasteiger partial charge in [0.15, 0.2) is 0 Å². The maximum atomic E-state index is 5.34. The normalized spacial score (nSPS) is 21.1. The highest BCUT2D eigenvalue weighted by atomic mass is 16.5. The first kappa shape index (κ1) is 14.2. The molecule has 3 rings (SSSR count). The Balaban J connectivity index is 2.03. The Morgan fingerprint density at radius 1 is 1.24 bits per heavy atom. The van der Waals surface area contributed by atoms with Gasteiger partial charge in [-0.2, -0.15) is 0 Å².